The number of hydrogen-bond acceptors (Lipinski definition) is 12. The molecule has 4 heterocycles. The first kappa shape index (κ1) is 48.2. The van der Waals surface area contributed by atoms with Crippen LogP contribution in [0.5, 0.6) is 0 Å². The zero-order valence-electron chi connectivity index (χ0n) is 39.9. The monoisotopic (exact) mass is 966 g/mol. The number of hydrazine groups is 1. The second-order valence-corrected chi connectivity index (χ2v) is 20.3. The fraction of sp³-hybridized carbons (Fsp3) is 0.385. The highest BCUT2D eigenvalue weighted by molar-refractivity contribution is 7.13. The van der Waals surface area contributed by atoms with Crippen LogP contribution in [-0.2, 0) is 30.5 Å². The molecule has 2 saturated heterocycles. The Morgan fingerprint density at radius 1 is 0.914 bits per heavy atom. The summed E-state index contributed by atoms with van der Waals surface area (Å²) in [6.07, 6.45) is 7.87. The van der Waals surface area contributed by atoms with Crippen LogP contribution in [0.3, 0.4) is 0 Å². The summed E-state index contributed by atoms with van der Waals surface area (Å²) in [5.74, 6) is -1.61. The maximum atomic E-state index is 14.0. The molecule has 4 aliphatic rings. The molecule has 0 radical (unpaired) electrons. The van der Waals surface area contributed by atoms with Crippen molar-refractivity contribution >= 4 is 74.9 Å². The van der Waals surface area contributed by atoms with Crippen LogP contribution in [-0.4, -0.2) is 101 Å². The van der Waals surface area contributed by atoms with Crippen LogP contribution in [0.1, 0.15) is 61.6 Å². The van der Waals surface area contributed by atoms with E-state index >= 15 is 0 Å². The number of thiazole rings is 1. The van der Waals surface area contributed by atoms with Gasteiger partial charge in [-0.2, -0.15) is 0 Å². The number of carbonyl (C=O) groups is 6. The number of nitrogens with zero attached hydrogens (tertiary/aromatic N) is 5. The molecular formula is C52H58N10O7S. The van der Waals surface area contributed by atoms with Gasteiger partial charge in [0.2, 0.25) is 23.6 Å². The summed E-state index contributed by atoms with van der Waals surface area (Å²) in [6, 6.07) is 19.5. The fourth-order valence-electron chi connectivity index (χ4n) is 10.1. The van der Waals surface area contributed by atoms with Gasteiger partial charge in [0.15, 0.2) is 0 Å². The predicted molar refractivity (Wildman–Crippen MR) is 267 cm³/mol. The minimum absolute atomic E-state index is 0.120. The van der Waals surface area contributed by atoms with Gasteiger partial charge >= 0.3 is 6.03 Å². The van der Waals surface area contributed by atoms with Crippen LogP contribution in [0.4, 0.5) is 21.9 Å². The number of rotatable bonds is 16. The van der Waals surface area contributed by atoms with Gasteiger partial charge in [0.1, 0.15) is 18.8 Å². The quantitative estimate of drug-likeness (QED) is 0.0238. The van der Waals surface area contributed by atoms with E-state index < -0.39 is 23.5 Å². The lowest BCUT2D eigenvalue weighted by atomic mass is 9.85. The number of anilines is 3. The standard InChI is InChI=1S/C52H58N10O7S/c1-30-44(70-28-55-30)31-13-17-36(18-14-31)57-47(64)40-10-7-24-61(40)50(67)45(52(2,3)4)59-51(68)54-23-25-69-29-60(5)56-27-35-21-22-53-43-38(35)8-6-9-39(43)58-46(63)32-15-19-37(20-16-32)62-48(65)41-33-11-12-34(26-33)42(41)49(62)66/h6,8-9,11-22,28,33-34,40-42,45,56H,7,10,23-27,29H2,1-5H3,(H,57,64)(H,58,63)(H2,54,59,68)/t33-,34+,40?,41-,42+,45-/m1/s1. The largest absolute Gasteiger partial charge is 0.363 e. The van der Waals surface area contributed by atoms with E-state index in [2.05, 4.69) is 48.8 Å². The van der Waals surface area contributed by atoms with Gasteiger partial charge in [-0.3, -0.25) is 33.9 Å². The maximum Gasteiger partial charge on any atom is 0.315 e. The van der Waals surface area contributed by atoms with Gasteiger partial charge in [0.05, 0.1) is 51.4 Å². The van der Waals surface area contributed by atoms with E-state index in [9.17, 15) is 28.8 Å². The van der Waals surface area contributed by atoms with Crippen molar-refractivity contribution in [1.29, 1.82) is 0 Å². The summed E-state index contributed by atoms with van der Waals surface area (Å²) < 4.78 is 5.82. The predicted octanol–water partition coefficient (Wildman–Crippen LogP) is 6.48. The van der Waals surface area contributed by atoms with Crippen molar-refractivity contribution in [1.82, 2.24) is 35.9 Å². The molecule has 6 atom stereocenters. The Morgan fingerprint density at radius 3 is 2.33 bits per heavy atom. The van der Waals surface area contributed by atoms with Crippen molar-refractivity contribution in [2.75, 3.05) is 49.0 Å². The van der Waals surface area contributed by atoms with Crippen LogP contribution in [0.2, 0.25) is 0 Å². The smallest absolute Gasteiger partial charge is 0.315 e. The molecular weight excluding hydrogens is 909 g/mol. The molecule has 3 fully saturated rings. The third-order valence-corrected chi connectivity index (χ3v) is 14.7. The number of ether oxygens (including phenoxy) is 1. The zero-order valence-corrected chi connectivity index (χ0v) is 40.7. The van der Waals surface area contributed by atoms with Crippen molar-refractivity contribution in [2.45, 2.75) is 65.6 Å². The van der Waals surface area contributed by atoms with E-state index in [1.54, 1.807) is 63.3 Å². The van der Waals surface area contributed by atoms with Crippen molar-refractivity contribution < 1.29 is 33.5 Å². The van der Waals surface area contributed by atoms with E-state index in [-0.39, 0.29) is 73.1 Å². The number of allylic oxidation sites excluding steroid dienone is 2. The van der Waals surface area contributed by atoms with Crippen molar-refractivity contribution in [3.05, 3.63) is 113 Å². The topological polar surface area (TPSA) is 207 Å². The number of nitrogens with one attached hydrogen (secondary N) is 5. The Hall–Kier alpha value is -6.86. The van der Waals surface area contributed by atoms with Gasteiger partial charge in [-0.1, -0.05) is 57.2 Å². The fourth-order valence-corrected chi connectivity index (χ4v) is 10.9. The Labute approximate surface area is 410 Å². The van der Waals surface area contributed by atoms with Crippen LogP contribution in [0.15, 0.2) is 96.7 Å². The van der Waals surface area contributed by atoms with E-state index in [0.29, 0.717) is 54.1 Å². The molecule has 2 bridgehead atoms. The highest BCUT2D eigenvalue weighted by Gasteiger charge is 2.59. The molecule has 1 saturated carbocycles. The summed E-state index contributed by atoms with van der Waals surface area (Å²) in [4.78, 5) is 93.5. The number of likely N-dealkylation sites (tertiary alicyclic amines) is 1. The Balaban J connectivity index is 0.714. The number of para-hydroxylation sites is 1. The number of urea groups is 1. The molecule has 1 unspecified atom stereocenters. The Kier molecular flexibility index (Phi) is 13.9. The number of hydrogen-bond donors (Lipinski definition) is 5. The van der Waals surface area contributed by atoms with Gasteiger partial charge in [-0.05, 0) is 103 Å². The van der Waals surface area contributed by atoms with Crippen molar-refractivity contribution in [2.24, 2.45) is 29.1 Å². The summed E-state index contributed by atoms with van der Waals surface area (Å²) >= 11 is 1.56. The van der Waals surface area contributed by atoms with Gasteiger partial charge in [-0.25, -0.2) is 20.2 Å². The van der Waals surface area contributed by atoms with Gasteiger partial charge < -0.3 is 30.9 Å². The molecule has 0 spiro atoms. The third kappa shape index (κ3) is 9.94. The first-order chi connectivity index (χ1) is 33.7. The zero-order chi connectivity index (χ0) is 49.3. The molecule has 18 heteroatoms. The highest BCUT2D eigenvalue weighted by Crippen LogP contribution is 2.53. The molecule has 3 aromatic carbocycles. The van der Waals surface area contributed by atoms with E-state index in [1.165, 1.54) is 4.90 Å². The van der Waals surface area contributed by atoms with Crippen LogP contribution in [0, 0.1) is 36.0 Å². The minimum atomic E-state index is -0.885. The lowest BCUT2D eigenvalue weighted by Gasteiger charge is -2.35. The summed E-state index contributed by atoms with van der Waals surface area (Å²) in [5.41, 5.74) is 10.00. The molecule has 5 N–H and O–H groups in total. The maximum absolute atomic E-state index is 14.0. The molecule has 2 aromatic heterocycles. The Bertz CT molecular complexity index is 2810. The normalized spacial score (nSPS) is 20.9. The number of imide groups is 1. The van der Waals surface area contributed by atoms with Crippen LogP contribution < -0.4 is 31.6 Å². The van der Waals surface area contributed by atoms with Crippen LogP contribution >= 0.6 is 11.3 Å². The lowest BCUT2D eigenvalue weighted by Crippen LogP contribution is -2.58. The number of aromatic nitrogens is 2. The van der Waals surface area contributed by atoms with Crippen molar-refractivity contribution in [3.63, 3.8) is 0 Å². The van der Waals surface area contributed by atoms with E-state index in [0.717, 1.165) is 33.5 Å². The summed E-state index contributed by atoms with van der Waals surface area (Å²) in [5, 5.41) is 14.2. The van der Waals surface area contributed by atoms with Gasteiger partial charge in [0, 0.05) is 49.5 Å². The first-order valence-corrected chi connectivity index (χ1v) is 24.6. The first-order valence-electron chi connectivity index (χ1n) is 23.7. The number of carbonyl (C=O) groups excluding carboxylic acids is 6. The number of aryl methyl sites for hydroxylation is 1. The van der Waals surface area contributed by atoms with E-state index in [1.807, 2.05) is 77.2 Å². The minimum Gasteiger partial charge on any atom is -0.363 e. The SMILES string of the molecule is Cc1ncsc1-c1ccc(NC(=O)C2CCCN2C(=O)[C@@H](NC(=O)NCCOCN(C)NCc2ccnc3c(NC(=O)c4ccc(N5C(=O)[C@@H]6[C@H](C5=O)[C@@H]5C=C[C@H]6C5)cc4)cccc23)C(C)(C)C)cc1. The summed E-state index contributed by atoms with van der Waals surface area (Å²) in [7, 11) is 1.83. The Morgan fingerprint density at radius 2 is 1.64 bits per heavy atom. The van der Waals surface area contributed by atoms with Crippen molar-refractivity contribution in [3.8, 4) is 10.4 Å². The lowest BCUT2D eigenvalue weighted by molar-refractivity contribution is -0.140. The van der Waals surface area contributed by atoms with Crippen LogP contribution in [0.25, 0.3) is 21.3 Å². The average molecular weight is 967 g/mol. The molecule has 17 nitrogen and oxygen atoms in total. The molecule has 70 heavy (non-hydrogen) atoms. The third-order valence-electron chi connectivity index (χ3n) is 13.7. The second-order valence-electron chi connectivity index (χ2n) is 19.5. The molecule has 7 amide bonds. The number of pyridine rings is 1. The van der Waals surface area contributed by atoms with Gasteiger partial charge in [-0.15, -0.1) is 11.3 Å². The molecule has 5 aromatic rings. The molecule has 2 aliphatic heterocycles. The van der Waals surface area contributed by atoms with Gasteiger partial charge in [0.25, 0.3) is 5.91 Å². The number of fused-ring (bicyclic) bond motifs is 6. The molecule has 9 rings (SSSR count). The highest BCUT2D eigenvalue weighted by atomic mass is 32.1. The van der Waals surface area contributed by atoms with E-state index in [4.69, 9.17) is 4.74 Å². The summed E-state index contributed by atoms with van der Waals surface area (Å²) in [6.45, 7) is 9.01. The number of benzene rings is 3. The second kappa shape index (κ2) is 20.2. The molecule has 2 aliphatic carbocycles. The molecule has 364 valence electrons. The average Bonchev–Trinajstić information content (AvgIpc) is 4.21. The number of amides is 7.